The van der Waals surface area contributed by atoms with Crippen molar-refractivity contribution in [3.63, 3.8) is 0 Å². The van der Waals surface area contributed by atoms with E-state index in [9.17, 15) is 9.59 Å². The minimum atomic E-state index is -0.513. The van der Waals surface area contributed by atoms with Crippen molar-refractivity contribution in [3.05, 3.63) is 53.1 Å². The van der Waals surface area contributed by atoms with Gasteiger partial charge in [-0.2, -0.15) is 0 Å². The van der Waals surface area contributed by atoms with Crippen molar-refractivity contribution >= 4 is 17.6 Å². The smallest absolute Gasteiger partial charge is 0.339 e. The summed E-state index contributed by atoms with van der Waals surface area (Å²) < 4.78 is 4.69. The van der Waals surface area contributed by atoms with Gasteiger partial charge in [0, 0.05) is 5.69 Å². The standard InChI is InChI=1S/C15H15N3O3/c1-9-8-13(17-10(2)16-9)14(19)18-12-7-5-4-6-11(12)15(20)21-3/h4-8H,1-3H3,(H,18,19). The third kappa shape index (κ3) is 3.42. The van der Waals surface area contributed by atoms with E-state index in [1.54, 1.807) is 44.2 Å². The molecule has 0 aliphatic heterocycles. The van der Waals surface area contributed by atoms with E-state index in [1.807, 2.05) is 0 Å². The van der Waals surface area contributed by atoms with Crippen LogP contribution in [-0.2, 0) is 4.74 Å². The summed E-state index contributed by atoms with van der Waals surface area (Å²) >= 11 is 0. The number of anilines is 1. The van der Waals surface area contributed by atoms with Crippen LogP contribution in [0, 0.1) is 13.8 Å². The van der Waals surface area contributed by atoms with Gasteiger partial charge in [-0.25, -0.2) is 14.8 Å². The summed E-state index contributed by atoms with van der Waals surface area (Å²) in [6, 6.07) is 8.21. The molecule has 0 saturated heterocycles. The molecule has 0 unspecified atom stereocenters. The van der Waals surface area contributed by atoms with E-state index in [0.29, 0.717) is 17.2 Å². The number of ether oxygens (including phenoxy) is 1. The van der Waals surface area contributed by atoms with Gasteiger partial charge in [-0.3, -0.25) is 4.79 Å². The molecule has 1 aromatic carbocycles. The van der Waals surface area contributed by atoms with Gasteiger partial charge in [0.05, 0.1) is 18.4 Å². The lowest BCUT2D eigenvalue weighted by Gasteiger charge is -2.09. The van der Waals surface area contributed by atoms with E-state index in [2.05, 4.69) is 20.0 Å². The SMILES string of the molecule is COC(=O)c1ccccc1NC(=O)c1cc(C)nc(C)n1. The fourth-order valence-electron chi connectivity index (χ4n) is 1.90. The number of rotatable bonds is 3. The van der Waals surface area contributed by atoms with Crippen LogP contribution in [0.4, 0.5) is 5.69 Å². The molecule has 2 aromatic rings. The predicted octanol–water partition coefficient (Wildman–Crippen LogP) is 2.13. The van der Waals surface area contributed by atoms with Gasteiger partial charge in [0.1, 0.15) is 11.5 Å². The largest absolute Gasteiger partial charge is 0.465 e. The predicted molar refractivity (Wildman–Crippen MR) is 77.2 cm³/mol. The van der Waals surface area contributed by atoms with Gasteiger partial charge in [0.15, 0.2) is 0 Å². The third-order valence-electron chi connectivity index (χ3n) is 2.78. The zero-order chi connectivity index (χ0) is 15.4. The van der Waals surface area contributed by atoms with Gasteiger partial charge in [0.25, 0.3) is 5.91 Å². The van der Waals surface area contributed by atoms with E-state index in [-0.39, 0.29) is 11.3 Å². The van der Waals surface area contributed by atoms with Crippen molar-refractivity contribution in [2.75, 3.05) is 12.4 Å². The van der Waals surface area contributed by atoms with Crippen LogP contribution < -0.4 is 5.32 Å². The van der Waals surface area contributed by atoms with Crippen LogP contribution in [0.2, 0.25) is 0 Å². The Hall–Kier alpha value is -2.76. The molecule has 2 rings (SSSR count). The Labute approximate surface area is 122 Å². The molecule has 1 amide bonds. The van der Waals surface area contributed by atoms with Crippen molar-refractivity contribution in [1.29, 1.82) is 0 Å². The van der Waals surface area contributed by atoms with Crippen molar-refractivity contribution < 1.29 is 14.3 Å². The van der Waals surface area contributed by atoms with E-state index in [4.69, 9.17) is 0 Å². The number of methoxy groups -OCH3 is 1. The number of hydrogen-bond donors (Lipinski definition) is 1. The molecule has 0 atom stereocenters. The van der Waals surface area contributed by atoms with Crippen molar-refractivity contribution in [1.82, 2.24) is 9.97 Å². The summed E-state index contributed by atoms with van der Waals surface area (Å²) in [7, 11) is 1.29. The lowest BCUT2D eigenvalue weighted by Crippen LogP contribution is -2.17. The van der Waals surface area contributed by atoms with Gasteiger partial charge >= 0.3 is 5.97 Å². The Balaban J connectivity index is 2.30. The highest BCUT2D eigenvalue weighted by atomic mass is 16.5. The Morgan fingerprint density at radius 2 is 1.86 bits per heavy atom. The average Bonchev–Trinajstić information content (AvgIpc) is 2.46. The summed E-state index contributed by atoms with van der Waals surface area (Å²) in [5, 5.41) is 2.67. The summed E-state index contributed by atoms with van der Waals surface area (Å²) in [5.41, 5.74) is 1.62. The molecule has 0 bridgehead atoms. The number of carbonyl (C=O) groups is 2. The summed E-state index contributed by atoms with van der Waals surface area (Å²) in [6.07, 6.45) is 0. The first-order valence-corrected chi connectivity index (χ1v) is 6.32. The molecule has 0 fully saturated rings. The second kappa shape index (κ2) is 6.13. The molecule has 0 spiro atoms. The van der Waals surface area contributed by atoms with Gasteiger partial charge < -0.3 is 10.1 Å². The normalized spacial score (nSPS) is 10.0. The number of aryl methyl sites for hydroxylation is 2. The number of carbonyl (C=O) groups excluding carboxylic acids is 2. The molecule has 6 nitrogen and oxygen atoms in total. The molecule has 1 heterocycles. The lowest BCUT2D eigenvalue weighted by atomic mass is 10.1. The van der Waals surface area contributed by atoms with E-state index in [0.717, 1.165) is 0 Å². The number of aromatic nitrogens is 2. The van der Waals surface area contributed by atoms with E-state index in [1.165, 1.54) is 7.11 Å². The Bertz CT molecular complexity index is 678. The van der Waals surface area contributed by atoms with Gasteiger partial charge in [-0.05, 0) is 32.0 Å². The first kappa shape index (κ1) is 14.6. The molecule has 21 heavy (non-hydrogen) atoms. The number of amides is 1. The first-order valence-electron chi connectivity index (χ1n) is 6.32. The number of para-hydroxylation sites is 1. The van der Waals surface area contributed by atoms with Crippen molar-refractivity contribution in [2.45, 2.75) is 13.8 Å². The fourth-order valence-corrected chi connectivity index (χ4v) is 1.90. The number of nitrogens with zero attached hydrogens (tertiary/aromatic N) is 2. The molecule has 0 radical (unpaired) electrons. The molecule has 0 saturated carbocycles. The topological polar surface area (TPSA) is 81.2 Å². The quantitative estimate of drug-likeness (QED) is 0.874. The second-order valence-electron chi connectivity index (χ2n) is 4.43. The number of esters is 1. The van der Waals surface area contributed by atoms with Crippen molar-refractivity contribution in [2.24, 2.45) is 0 Å². The monoisotopic (exact) mass is 285 g/mol. The summed E-state index contributed by atoms with van der Waals surface area (Å²) in [4.78, 5) is 32.1. The zero-order valence-corrected chi connectivity index (χ0v) is 12.0. The second-order valence-corrected chi connectivity index (χ2v) is 4.43. The van der Waals surface area contributed by atoms with Gasteiger partial charge in [-0.1, -0.05) is 12.1 Å². The molecule has 1 aromatic heterocycles. The maximum absolute atomic E-state index is 12.2. The van der Waals surface area contributed by atoms with Crippen LogP contribution in [0.25, 0.3) is 0 Å². The minimum Gasteiger partial charge on any atom is -0.465 e. The molecule has 1 N–H and O–H groups in total. The third-order valence-corrected chi connectivity index (χ3v) is 2.78. The molecule has 0 aliphatic rings. The maximum Gasteiger partial charge on any atom is 0.339 e. The molecular weight excluding hydrogens is 270 g/mol. The molecular formula is C15H15N3O3. The van der Waals surface area contributed by atoms with Crippen LogP contribution in [0.1, 0.15) is 32.4 Å². The molecule has 108 valence electrons. The molecule has 0 aliphatic carbocycles. The number of hydrogen-bond acceptors (Lipinski definition) is 5. The van der Waals surface area contributed by atoms with Crippen molar-refractivity contribution in [3.8, 4) is 0 Å². The Morgan fingerprint density at radius 3 is 2.52 bits per heavy atom. The fraction of sp³-hybridized carbons (Fsp3) is 0.200. The van der Waals surface area contributed by atoms with Crippen LogP contribution in [0.3, 0.4) is 0 Å². The van der Waals surface area contributed by atoms with E-state index >= 15 is 0 Å². The average molecular weight is 285 g/mol. The number of benzene rings is 1. The van der Waals surface area contributed by atoms with Crippen LogP contribution >= 0.6 is 0 Å². The molecule has 6 heteroatoms. The highest BCUT2D eigenvalue weighted by Gasteiger charge is 2.15. The van der Waals surface area contributed by atoms with Crippen LogP contribution in [0.15, 0.2) is 30.3 Å². The highest BCUT2D eigenvalue weighted by Crippen LogP contribution is 2.17. The van der Waals surface area contributed by atoms with Crippen LogP contribution in [-0.4, -0.2) is 29.0 Å². The summed E-state index contributed by atoms with van der Waals surface area (Å²) in [6.45, 7) is 3.50. The maximum atomic E-state index is 12.2. The van der Waals surface area contributed by atoms with Crippen LogP contribution in [0.5, 0.6) is 0 Å². The Kier molecular flexibility index (Phi) is 4.27. The lowest BCUT2D eigenvalue weighted by molar-refractivity contribution is 0.0602. The minimum absolute atomic E-state index is 0.250. The zero-order valence-electron chi connectivity index (χ0n) is 12.0. The highest BCUT2D eigenvalue weighted by molar-refractivity contribution is 6.07. The Morgan fingerprint density at radius 1 is 1.14 bits per heavy atom. The van der Waals surface area contributed by atoms with Gasteiger partial charge in [-0.15, -0.1) is 0 Å². The summed E-state index contributed by atoms with van der Waals surface area (Å²) in [5.74, 6) is -0.401. The van der Waals surface area contributed by atoms with Gasteiger partial charge in [0.2, 0.25) is 0 Å². The number of nitrogens with one attached hydrogen (secondary N) is 1. The van der Waals surface area contributed by atoms with E-state index < -0.39 is 11.9 Å². The first-order chi connectivity index (χ1) is 10.0.